The molecule has 7 heteroatoms. The Hall–Kier alpha value is -2.73. The van der Waals surface area contributed by atoms with Crippen LogP contribution in [0.15, 0.2) is 48.7 Å². The van der Waals surface area contributed by atoms with E-state index >= 15 is 0 Å². The Morgan fingerprint density at radius 1 is 1.21 bits per heavy atom. The Balaban J connectivity index is 1.57. The summed E-state index contributed by atoms with van der Waals surface area (Å²) in [6.07, 6.45) is 4.14. The highest BCUT2D eigenvalue weighted by Crippen LogP contribution is 2.31. The van der Waals surface area contributed by atoms with E-state index in [-0.39, 0.29) is 11.6 Å². The standard InChI is InChI=1S/C21H18ClF2N3O/c22-16-7-2-1-5-13(16)12-27-19-10-4-9-18(15(19)11-25-27)26-21(28)14-6-3-8-17(23)20(14)24/h1-3,5-8,11,18H,4,9-10,12H2,(H,26,28). The second-order valence-corrected chi connectivity index (χ2v) is 7.22. The molecule has 0 bridgehead atoms. The monoisotopic (exact) mass is 401 g/mol. The predicted octanol–water partition coefficient (Wildman–Crippen LogP) is 4.67. The van der Waals surface area contributed by atoms with Gasteiger partial charge in [0.2, 0.25) is 0 Å². The molecule has 1 heterocycles. The summed E-state index contributed by atoms with van der Waals surface area (Å²) >= 11 is 6.25. The first-order chi connectivity index (χ1) is 13.5. The van der Waals surface area contributed by atoms with Crippen LogP contribution in [0, 0.1) is 11.6 Å². The van der Waals surface area contributed by atoms with Crippen LogP contribution in [0.4, 0.5) is 8.78 Å². The number of carbonyl (C=O) groups is 1. The lowest BCUT2D eigenvalue weighted by molar-refractivity contribution is 0.0927. The van der Waals surface area contributed by atoms with Gasteiger partial charge in [-0.25, -0.2) is 8.78 Å². The van der Waals surface area contributed by atoms with Crippen LogP contribution in [-0.2, 0) is 13.0 Å². The number of amides is 1. The van der Waals surface area contributed by atoms with Gasteiger partial charge in [0.15, 0.2) is 11.6 Å². The second-order valence-electron chi connectivity index (χ2n) is 6.82. The highest BCUT2D eigenvalue weighted by atomic mass is 35.5. The number of aromatic nitrogens is 2. The minimum Gasteiger partial charge on any atom is -0.345 e. The number of nitrogens with zero attached hydrogens (tertiary/aromatic N) is 2. The van der Waals surface area contributed by atoms with E-state index in [0.717, 1.165) is 35.7 Å². The third-order valence-electron chi connectivity index (χ3n) is 5.04. The van der Waals surface area contributed by atoms with Crippen molar-refractivity contribution < 1.29 is 13.6 Å². The molecule has 0 saturated carbocycles. The Bertz CT molecular complexity index is 1030. The first-order valence-electron chi connectivity index (χ1n) is 9.07. The van der Waals surface area contributed by atoms with Crippen LogP contribution in [0.1, 0.15) is 46.1 Å². The van der Waals surface area contributed by atoms with Crippen molar-refractivity contribution in [3.05, 3.63) is 87.7 Å². The fourth-order valence-corrected chi connectivity index (χ4v) is 3.80. The molecule has 1 aliphatic carbocycles. The van der Waals surface area contributed by atoms with Crippen molar-refractivity contribution in [1.82, 2.24) is 15.1 Å². The van der Waals surface area contributed by atoms with Crippen LogP contribution >= 0.6 is 11.6 Å². The minimum absolute atomic E-state index is 0.293. The summed E-state index contributed by atoms with van der Waals surface area (Å²) in [6, 6.07) is 10.9. The zero-order valence-corrected chi connectivity index (χ0v) is 15.7. The Kier molecular flexibility index (Phi) is 5.13. The van der Waals surface area contributed by atoms with Gasteiger partial charge >= 0.3 is 0 Å². The van der Waals surface area contributed by atoms with Crippen molar-refractivity contribution in [2.24, 2.45) is 0 Å². The molecular formula is C21H18ClF2N3O. The number of hydrogen-bond acceptors (Lipinski definition) is 2. The maximum Gasteiger partial charge on any atom is 0.254 e. The summed E-state index contributed by atoms with van der Waals surface area (Å²) in [7, 11) is 0. The molecule has 144 valence electrons. The average Bonchev–Trinajstić information content (AvgIpc) is 3.10. The van der Waals surface area contributed by atoms with E-state index in [9.17, 15) is 13.6 Å². The molecule has 1 aliphatic rings. The fraction of sp³-hybridized carbons (Fsp3) is 0.238. The second kappa shape index (κ2) is 7.72. The molecule has 0 fully saturated rings. The lowest BCUT2D eigenvalue weighted by Gasteiger charge is -2.24. The van der Waals surface area contributed by atoms with E-state index in [4.69, 9.17) is 11.6 Å². The zero-order valence-electron chi connectivity index (χ0n) is 15.0. The van der Waals surface area contributed by atoms with Crippen LogP contribution in [-0.4, -0.2) is 15.7 Å². The van der Waals surface area contributed by atoms with Crippen LogP contribution in [0.3, 0.4) is 0 Å². The van der Waals surface area contributed by atoms with E-state index in [1.807, 2.05) is 28.9 Å². The third kappa shape index (κ3) is 3.52. The van der Waals surface area contributed by atoms with Crippen molar-refractivity contribution in [1.29, 1.82) is 0 Å². The van der Waals surface area contributed by atoms with Gasteiger partial charge in [-0.05, 0) is 43.0 Å². The van der Waals surface area contributed by atoms with Gasteiger partial charge in [0.05, 0.1) is 24.3 Å². The van der Waals surface area contributed by atoms with Gasteiger partial charge in [-0.1, -0.05) is 35.9 Å². The molecule has 2 aromatic carbocycles. The average molecular weight is 402 g/mol. The van der Waals surface area contributed by atoms with Gasteiger partial charge in [-0.15, -0.1) is 0 Å². The summed E-state index contributed by atoms with van der Waals surface area (Å²) in [6.45, 7) is 0.536. The number of carbonyl (C=O) groups excluding carboxylic acids is 1. The predicted molar refractivity (Wildman–Crippen MR) is 102 cm³/mol. The largest absolute Gasteiger partial charge is 0.345 e. The number of hydrogen-bond donors (Lipinski definition) is 1. The van der Waals surface area contributed by atoms with E-state index in [1.165, 1.54) is 12.1 Å². The summed E-state index contributed by atoms with van der Waals surface area (Å²) in [5.41, 5.74) is 2.60. The molecule has 1 amide bonds. The highest BCUT2D eigenvalue weighted by molar-refractivity contribution is 6.31. The van der Waals surface area contributed by atoms with Crippen LogP contribution in [0.25, 0.3) is 0 Å². The number of benzene rings is 2. The normalized spacial score (nSPS) is 15.9. The van der Waals surface area contributed by atoms with Gasteiger partial charge in [-0.2, -0.15) is 5.10 Å². The molecule has 1 N–H and O–H groups in total. The van der Waals surface area contributed by atoms with Crippen LogP contribution in [0.5, 0.6) is 0 Å². The molecule has 0 spiro atoms. The van der Waals surface area contributed by atoms with Gasteiger partial charge in [0, 0.05) is 16.3 Å². The molecule has 4 nitrogen and oxygen atoms in total. The molecule has 0 radical (unpaired) electrons. The number of nitrogens with one attached hydrogen (secondary N) is 1. The summed E-state index contributed by atoms with van der Waals surface area (Å²) in [5.74, 6) is -2.80. The lowest BCUT2D eigenvalue weighted by Crippen LogP contribution is -2.31. The van der Waals surface area contributed by atoms with Crippen molar-refractivity contribution in [2.45, 2.75) is 31.8 Å². The Morgan fingerprint density at radius 3 is 2.86 bits per heavy atom. The first kappa shape index (κ1) is 18.6. The number of fused-ring (bicyclic) bond motifs is 1. The van der Waals surface area contributed by atoms with E-state index in [0.29, 0.717) is 18.0 Å². The van der Waals surface area contributed by atoms with Crippen LogP contribution < -0.4 is 5.32 Å². The van der Waals surface area contributed by atoms with Gasteiger partial charge in [-0.3, -0.25) is 9.48 Å². The molecular weight excluding hydrogens is 384 g/mol. The summed E-state index contributed by atoms with van der Waals surface area (Å²) in [4.78, 5) is 12.5. The highest BCUT2D eigenvalue weighted by Gasteiger charge is 2.27. The van der Waals surface area contributed by atoms with E-state index in [2.05, 4.69) is 10.4 Å². The van der Waals surface area contributed by atoms with Crippen molar-refractivity contribution in [3.63, 3.8) is 0 Å². The number of halogens is 3. The topological polar surface area (TPSA) is 46.9 Å². The number of rotatable bonds is 4. The van der Waals surface area contributed by atoms with E-state index < -0.39 is 17.5 Å². The summed E-state index contributed by atoms with van der Waals surface area (Å²) < 4.78 is 29.2. The first-order valence-corrected chi connectivity index (χ1v) is 9.45. The van der Waals surface area contributed by atoms with Gasteiger partial charge in [0.1, 0.15) is 0 Å². The molecule has 4 rings (SSSR count). The van der Waals surface area contributed by atoms with Gasteiger partial charge < -0.3 is 5.32 Å². The summed E-state index contributed by atoms with van der Waals surface area (Å²) in [5, 5.41) is 7.97. The maximum atomic E-state index is 13.9. The molecule has 0 saturated heterocycles. The maximum absolute atomic E-state index is 13.9. The molecule has 1 aromatic heterocycles. The molecule has 28 heavy (non-hydrogen) atoms. The SMILES string of the molecule is O=C(NC1CCCc2c1cnn2Cc1ccccc1Cl)c1cccc(F)c1F. The molecule has 0 aliphatic heterocycles. The van der Waals surface area contributed by atoms with E-state index in [1.54, 1.807) is 6.20 Å². The Labute approximate surface area is 166 Å². The Morgan fingerprint density at radius 2 is 2.04 bits per heavy atom. The van der Waals surface area contributed by atoms with Crippen molar-refractivity contribution in [2.75, 3.05) is 0 Å². The van der Waals surface area contributed by atoms with Gasteiger partial charge in [0.25, 0.3) is 5.91 Å². The lowest BCUT2D eigenvalue weighted by atomic mass is 9.92. The minimum atomic E-state index is -1.13. The quantitative estimate of drug-likeness (QED) is 0.690. The zero-order chi connectivity index (χ0) is 19.7. The molecule has 3 aromatic rings. The van der Waals surface area contributed by atoms with Crippen molar-refractivity contribution in [3.8, 4) is 0 Å². The fourth-order valence-electron chi connectivity index (χ4n) is 3.61. The molecule has 1 atom stereocenters. The molecule has 1 unspecified atom stereocenters. The third-order valence-corrected chi connectivity index (χ3v) is 5.41. The van der Waals surface area contributed by atoms with Crippen LogP contribution in [0.2, 0.25) is 5.02 Å². The van der Waals surface area contributed by atoms with Crippen molar-refractivity contribution >= 4 is 17.5 Å². The smallest absolute Gasteiger partial charge is 0.254 e.